The fourth-order valence-corrected chi connectivity index (χ4v) is 4080. The maximum Gasteiger partial charge on any atom is 0.475 e. The number of aromatic amines is 2. The Hall–Kier alpha value is 12.3. The number of anilines is 2. The number of thiol groups is 1. The van der Waals surface area contributed by atoms with Gasteiger partial charge in [-0.25, -0.2) is 64.4 Å². The molecule has 4 aliphatic rings. The Morgan fingerprint density at radius 2 is 1.14 bits per heavy atom. The molecule has 0 saturated carbocycles. The molecule has 4 unspecified atom stereocenters. The van der Waals surface area contributed by atoms with Gasteiger partial charge in [0, 0.05) is 19.0 Å². The molecule has 37 nitrogen and oxygen atoms in total. The van der Waals surface area contributed by atoms with E-state index < -0.39 is 212 Å². The molecule has 2 saturated heterocycles. The first-order valence-electron chi connectivity index (χ1n) is 30.9. The predicted molar refractivity (Wildman–Crippen MR) is 683 cm³/mol. The zero-order chi connectivity index (χ0) is 85.5. The molecule has 118 heavy (non-hydrogen) atoms. The van der Waals surface area contributed by atoms with E-state index in [1.807, 2.05) is 0 Å². The van der Waals surface area contributed by atoms with Crippen molar-refractivity contribution in [1.29, 1.82) is 0 Å². The molecule has 678 valence electrons. The first-order chi connectivity index (χ1) is 55.1. The maximum absolute atomic E-state index is 16.3. The summed E-state index contributed by atoms with van der Waals surface area (Å²) in [7, 11) is -9.20. The Balaban J connectivity index is 0.000000211. The molecule has 8 aromatic heterocycles. The number of phosphoric acid groups is 1. The van der Waals surface area contributed by atoms with Gasteiger partial charge in [0.25, 0.3) is 11.1 Å². The van der Waals surface area contributed by atoms with Gasteiger partial charge < -0.3 is 52.5 Å². The number of nitrogens with one attached hydrogen (secondary N) is 3. The van der Waals surface area contributed by atoms with Gasteiger partial charge in [-0.2, -0.15) is 9.97 Å². The van der Waals surface area contributed by atoms with Crippen LogP contribution in [0.2, 0.25) is 0 Å². The van der Waals surface area contributed by atoms with E-state index in [4.69, 9.17) is 86.1 Å². The molecular formula is C47H60F2I25N19O18P4S3. The number of aromatic nitrogens is 16. The predicted octanol–water partition coefficient (Wildman–Crippen LogP) is 26.7. The Bertz CT molecular complexity index is 5150. The molecule has 2 fully saturated rings. The van der Waals surface area contributed by atoms with Gasteiger partial charge in [0.15, 0.2) is 58.4 Å². The summed E-state index contributed by atoms with van der Waals surface area (Å²) in [5.74, 6) is -0.752. The minimum Gasteiger partial charge on any atom is -0.369 e. The zero-order valence-corrected chi connectivity index (χ0v) is 118. The van der Waals surface area contributed by atoms with Gasteiger partial charge in [-0.15, -0.1) is 0 Å². The van der Waals surface area contributed by atoms with E-state index in [0.717, 1.165) is 10.9 Å². The number of halogens is 27. The summed E-state index contributed by atoms with van der Waals surface area (Å²) < 4.78 is 126. The SMILES string of the molecule is C.CI(I)I(I)I(I)I(I)I(I)I(I)I(I)I(I)I(I)I(I)I(I)I(I)I.Nc1nc2c(ncn2[C@@H]2O[C@@H]3COP(O)(=S)OCCCn4c(nc5cncnc54)COP(=O)(S)O[C@@H]2[C@@H]3F)c(=O)[nH]1.[C-]#[N+]CCOP1(=O)OCCCn2c(nc3cncnc32)COP(O)(=S)O[C@@H]2[C@H](F)[C@@H](CO1)O[C@H]2n1cnc2c(=O)[nH]c(NC(=O)C(C)C)nc21. The van der Waals surface area contributed by atoms with Gasteiger partial charge in [0.1, 0.15) is 79.6 Å². The Morgan fingerprint density at radius 3 is 1.64 bits per heavy atom. The number of rotatable bonds is 18. The van der Waals surface area contributed by atoms with E-state index in [1.54, 1.807) is 23.0 Å². The van der Waals surface area contributed by atoms with Crippen LogP contribution in [0.15, 0.2) is 47.3 Å². The van der Waals surface area contributed by atoms with Gasteiger partial charge >= 0.3 is 374 Å². The van der Waals surface area contributed by atoms with Crippen LogP contribution >= 0.6 is 381 Å². The quantitative estimate of drug-likeness (QED) is 0.0105. The van der Waals surface area contributed by atoms with E-state index in [2.05, 4.69) is 329 Å². The number of nitrogen functional groups attached to an aromatic ring is 1. The molecule has 4 aliphatic heterocycles. The summed E-state index contributed by atoms with van der Waals surface area (Å²) in [6.45, 7) is -4.14. The van der Waals surface area contributed by atoms with Crippen LogP contribution in [0.1, 0.15) is 58.2 Å². The number of nitrogens with two attached hydrogens (primary N) is 1. The number of fused-ring (bicyclic) bond motifs is 12. The van der Waals surface area contributed by atoms with Crippen LogP contribution in [0.4, 0.5) is 20.7 Å². The molecule has 7 N–H and O–H groups in total. The van der Waals surface area contributed by atoms with E-state index in [-0.39, 0.29) is 100 Å². The number of alkyl halides is 3. The summed E-state index contributed by atoms with van der Waals surface area (Å²) >= 11 is 54.6. The fourth-order valence-electron chi connectivity index (χ4n) is 9.89. The number of nitrogens with zero attached hydrogens (tertiary/aromatic N) is 15. The van der Waals surface area contributed by atoms with Crippen molar-refractivity contribution in [3.05, 3.63) is 81.5 Å². The Labute approximate surface area is 857 Å². The molecule has 12 rings (SSSR count). The number of hydrogen-bond donors (Lipinski definition) is 7. The summed E-state index contributed by atoms with van der Waals surface area (Å²) in [6.07, 6.45) is -4.81. The van der Waals surface area contributed by atoms with Crippen molar-refractivity contribution in [2.24, 2.45) is 5.92 Å². The van der Waals surface area contributed by atoms with E-state index in [1.165, 1.54) is 35.9 Å². The molecule has 0 spiro atoms. The number of carbonyl (C=O) groups is 1. The van der Waals surface area contributed by atoms with Crippen LogP contribution < -0.4 is 22.2 Å². The van der Waals surface area contributed by atoms with Crippen molar-refractivity contribution in [2.45, 2.75) is 110 Å². The van der Waals surface area contributed by atoms with Gasteiger partial charge in [-0.1, -0.05) is 33.5 Å². The van der Waals surface area contributed by atoms with Crippen LogP contribution in [-0.2, 0) is 114 Å². The minimum atomic E-state index is -4.38. The molecular weight excluding hydrogens is 4550 g/mol. The second-order valence-electron chi connectivity index (χ2n) is 22.3. The first kappa shape index (κ1) is 114. The molecule has 0 aromatic carbocycles. The number of carbonyl (C=O) groups excluding carboxylic acids is 1. The number of H-pyrrole nitrogens is 2. The third-order valence-electron chi connectivity index (χ3n) is 14.7. The number of aryl methyl sites for hydroxylation is 2. The third-order valence-corrected chi connectivity index (χ3v) is 1790. The largest absolute Gasteiger partial charge is 0.475 e. The average molecular weight is 4610 g/mol. The van der Waals surface area contributed by atoms with Crippen molar-refractivity contribution >= 4 is 467 Å². The second kappa shape index (κ2) is 53.6. The Morgan fingerprint density at radius 1 is 0.669 bits per heavy atom. The molecule has 0 aliphatic carbocycles. The molecule has 1 amide bonds. The van der Waals surface area contributed by atoms with Crippen molar-refractivity contribution in [3.63, 3.8) is 0 Å². The van der Waals surface area contributed by atoms with Crippen LogP contribution in [0.5, 0.6) is 0 Å². The van der Waals surface area contributed by atoms with E-state index in [0.29, 0.717) is 41.1 Å². The Kier molecular flexibility index (Phi) is 51.7. The van der Waals surface area contributed by atoms with Crippen molar-refractivity contribution < 1.29 is 82.7 Å². The summed E-state index contributed by atoms with van der Waals surface area (Å²) in [5.41, 5.74) is 5.60. The monoisotopic (exact) mass is 4610 g/mol. The molecule has 8 aromatic rings. The van der Waals surface area contributed by atoms with Crippen molar-refractivity contribution in [2.75, 3.05) is 55.6 Å². The van der Waals surface area contributed by atoms with Gasteiger partial charge in [-0.05, 0) is 36.5 Å². The fraction of sp³-hybridized carbons (Fsp3) is 0.532. The van der Waals surface area contributed by atoms with Gasteiger partial charge in [0.2, 0.25) is 24.3 Å². The average Bonchev–Trinajstić information content (AvgIpc) is 1.62. The van der Waals surface area contributed by atoms with Crippen LogP contribution in [0.25, 0.3) is 49.5 Å². The third kappa shape index (κ3) is 31.6. The standard InChI is InChI=1S/C26H31FN10O10P2S.C19H22FN9O8P2S2.CH3I25.CH4/c1-14(2)23(38)34-26-33-22-19(24(39)35-26)31-13-37(22)25-20-18(27)16(46-25)10-44-48(40,43-8-5-28-3)42-7-4-6-36-17(11-45-49(41,50)47-20)32-15-9-29-12-30-21(15)36;20-12-10-5-34-38(31,40)33-3-1-2-28-11(25-9-4-22-7-23-15(9)28)6-35-39(32,41)37-14(12)18(36-10)29-8-24-13-16(29)26-19(21)27-17(13)30;1-15(2)17(5)19(7)21(9)23(11)25(13)26(14)24(12)22(10)20(8)18(6)16(3)4;/h9,12-14,16,18,20,25H,4-8,10-11H2,1-2H3,(H,41,50)(H2,33,34,35,38,39);4,7-8,10,12,14,18H,1-3,5-6H2,(H,31,40)(H,32,41)(H3,21,26,27,30);1H3;1H4/t16-,18-,20-,25-,48?,49?;10-,12-,14-,18-,38?,39?;;/m11../s1. The molecule has 71 heteroatoms. The molecule has 12 atom stereocenters. The summed E-state index contributed by atoms with van der Waals surface area (Å²) in [6, 6.07) is 0. The number of ether oxygens (including phenoxy) is 2. The molecule has 12 heterocycles. The van der Waals surface area contributed by atoms with Crippen molar-refractivity contribution in [1.82, 2.24) is 78.1 Å². The first-order valence-corrected chi connectivity index (χ1v) is 193. The normalized spacial score (nSPS) is 27.0. The number of imidazole rings is 4. The maximum atomic E-state index is 16.3. The van der Waals surface area contributed by atoms with Crippen LogP contribution in [0.3, 0.4) is 0 Å². The van der Waals surface area contributed by atoms with Crippen molar-refractivity contribution in [3.8, 4) is 0 Å². The number of hydrogen-bond acceptors (Lipinski definition) is 29. The number of phosphoric ester groups is 1. The summed E-state index contributed by atoms with van der Waals surface area (Å²) in [4.78, 5) is 112. The summed E-state index contributed by atoms with van der Waals surface area (Å²) in [5, 5.41) is 2.49. The minimum absolute atomic E-state index is 0. The molecule has 0 radical (unpaired) electrons. The number of amides is 1. The zero-order valence-electron chi connectivity index (χ0n) is 57.6. The smallest absolute Gasteiger partial charge is 0.369 e. The topological polar surface area (TPSA) is 450 Å². The molecule has 4 bridgehead atoms. The second-order valence-corrected chi connectivity index (χ2v) is 597. The van der Waals surface area contributed by atoms with E-state index in [9.17, 15) is 33.3 Å². The van der Waals surface area contributed by atoms with E-state index >= 15 is 8.78 Å². The van der Waals surface area contributed by atoms with Gasteiger partial charge in [-0.3, -0.25) is 65.9 Å². The van der Waals surface area contributed by atoms with Crippen LogP contribution in [-0.4, -0.2) is 175 Å². The van der Waals surface area contributed by atoms with Gasteiger partial charge in [0.05, 0.1) is 51.5 Å². The van der Waals surface area contributed by atoms with Crippen LogP contribution in [0, 0.1) is 12.5 Å².